The molecule has 0 spiro atoms. The Kier molecular flexibility index (Phi) is 4.11. The summed E-state index contributed by atoms with van der Waals surface area (Å²) in [5.74, 6) is -1.38. The Bertz CT molecular complexity index is 570. The molecule has 2 atom stereocenters. The average molecular weight is 291 g/mol. The van der Waals surface area contributed by atoms with Crippen LogP contribution in [0.15, 0.2) is 24.3 Å². The number of nitrogens with two attached hydrogens (primary N) is 1. The monoisotopic (exact) mass is 291 g/mol. The molecular formula is C14H17N3O4. The second kappa shape index (κ2) is 5.82. The van der Waals surface area contributed by atoms with Crippen molar-refractivity contribution in [3.05, 3.63) is 29.8 Å². The van der Waals surface area contributed by atoms with E-state index in [2.05, 4.69) is 5.32 Å². The molecule has 7 nitrogen and oxygen atoms in total. The molecule has 1 aromatic carbocycles. The lowest BCUT2D eigenvalue weighted by Crippen LogP contribution is -2.42. The number of carboxylic acids is 1. The van der Waals surface area contributed by atoms with Crippen molar-refractivity contribution < 1.29 is 19.5 Å². The lowest BCUT2D eigenvalue weighted by atomic mass is 10.0. The highest BCUT2D eigenvalue weighted by Crippen LogP contribution is 2.26. The number of nitrogens with zero attached hydrogens (tertiary/aromatic N) is 1. The summed E-state index contributed by atoms with van der Waals surface area (Å²) in [6, 6.07) is 4.69. The normalized spacial score (nSPS) is 21.1. The predicted octanol–water partition coefficient (Wildman–Crippen LogP) is 1.11. The minimum Gasteiger partial charge on any atom is -0.480 e. The van der Waals surface area contributed by atoms with Crippen LogP contribution in [0.25, 0.3) is 0 Å². The van der Waals surface area contributed by atoms with Gasteiger partial charge in [0.15, 0.2) is 0 Å². The van der Waals surface area contributed by atoms with Gasteiger partial charge in [0.1, 0.15) is 6.04 Å². The lowest BCUT2D eigenvalue weighted by Gasteiger charge is -2.23. The number of hydrogen-bond acceptors (Lipinski definition) is 3. The maximum Gasteiger partial charge on any atom is 0.326 e. The molecule has 0 saturated carbocycles. The van der Waals surface area contributed by atoms with Crippen LogP contribution in [-0.2, 0) is 4.79 Å². The second-order valence-electron chi connectivity index (χ2n) is 5.11. The van der Waals surface area contributed by atoms with Gasteiger partial charge in [0, 0.05) is 17.8 Å². The minimum atomic E-state index is -0.986. The second-order valence-corrected chi connectivity index (χ2v) is 5.11. The molecule has 1 aromatic rings. The number of amides is 3. The number of carbonyl (C=O) groups is 3. The number of benzene rings is 1. The molecule has 0 aliphatic carbocycles. The van der Waals surface area contributed by atoms with Crippen LogP contribution in [-0.4, -0.2) is 40.5 Å². The number of aliphatic carboxylic acids is 1. The van der Waals surface area contributed by atoms with Crippen LogP contribution in [0.1, 0.15) is 23.7 Å². The van der Waals surface area contributed by atoms with Crippen LogP contribution in [0.4, 0.5) is 10.5 Å². The van der Waals surface area contributed by atoms with E-state index in [0.717, 1.165) is 0 Å². The topological polar surface area (TPSA) is 113 Å². The van der Waals surface area contributed by atoms with Crippen LogP contribution in [0.3, 0.4) is 0 Å². The van der Waals surface area contributed by atoms with Crippen molar-refractivity contribution in [2.75, 3.05) is 11.9 Å². The molecule has 2 rings (SSSR count). The maximum atomic E-state index is 12.4. The molecule has 1 saturated heterocycles. The first-order chi connectivity index (χ1) is 9.90. The van der Waals surface area contributed by atoms with Crippen LogP contribution in [0.5, 0.6) is 0 Å². The fourth-order valence-corrected chi connectivity index (χ4v) is 2.56. The molecule has 4 N–H and O–H groups in total. The van der Waals surface area contributed by atoms with Crippen molar-refractivity contribution in [1.29, 1.82) is 0 Å². The third-order valence-electron chi connectivity index (χ3n) is 3.61. The third-order valence-corrected chi connectivity index (χ3v) is 3.61. The van der Waals surface area contributed by atoms with Gasteiger partial charge in [-0.3, -0.25) is 4.79 Å². The summed E-state index contributed by atoms with van der Waals surface area (Å²) in [4.78, 5) is 35.8. The zero-order chi connectivity index (χ0) is 15.6. The van der Waals surface area contributed by atoms with E-state index in [1.54, 1.807) is 12.1 Å². The highest BCUT2D eigenvalue weighted by atomic mass is 16.4. The Hall–Kier alpha value is -2.57. The molecule has 1 aliphatic heterocycles. The zero-order valence-electron chi connectivity index (χ0n) is 11.6. The number of nitrogens with one attached hydrogen (secondary N) is 1. The van der Waals surface area contributed by atoms with E-state index in [4.69, 9.17) is 5.73 Å². The van der Waals surface area contributed by atoms with E-state index in [0.29, 0.717) is 24.2 Å². The van der Waals surface area contributed by atoms with E-state index in [-0.39, 0.29) is 11.8 Å². The van der Waals surface area contributed by atoms with Gasteiger partial charge in [-0.05, 0) is 36.6 Å². The lowest BCUT2D eigenvalue weighted by molar-refractivity contribution is -0.142. The highest BCUT2D eigenvalue weighted by molar-refractivity contribution is 5.97. The average Bonchev–Trinajstić information content (AvgIpc) is 2.80. The molecule has 112 valence electrons. The number of hydrogen-bond donors (Lipinski definition) is 3. The van der Waals surface area contributed by atoms with Crippen molar-refractivity contribution in [3.8, 4) is 0 Å². The van der Waals surface area contributed by atoms with Crippen molar-refractivity contribution in [1.82, 2.24) is 4.90 Å². The van der Waals surface area contributed by atoms with Crippen molar-refractivity contribution in [2.24, 2.45) is 11.7 Å². The third kappa shape index (κ3) is 3.13. The summed E-state index contributed by atoms with van der Waals surface area (Å²) < 4.78 is 0. The number of anilines is 1. The first-order valence-electron chi connectivity index (χ1n) is 6.60. The Labute approximate surface area is 121 Å². The van der Waals surface area contributed by atoms with Gasteiger partial charge in [0.25, 0.3) is 5.91 Å². The number of rotatable bonds is 3. The molecule has 1 fully saturated rings. The highest BCUT2D eigenvalue weighted by Gasteiger charge is 2.39. The molecule has 1 heterocycles. The van der Waals surface area contributed by atoms with E-state index < -0.39 is 18.0 Å². The Morgan fingerprint density at radius 3 is 2.43 bits per heavy atom. The van der Waals surface area contributed by atoms with Crippen LogP contribution >= 0.6 is 0 Å². The molecule has 21 heavy (non-hydrogen) atoms. The van der Waals surface area contributed by atoms with E-state index >= 15 is 0 Å². The van der Waals surface area contributed by atoms with Crippen molar-refractivity contribution >= 4 is 23.6 Å². The summed E-state index contributed by atoms with van der Waals surface area (Å²) in [5.41, 5.74) is 5.85. The molecule has 0 radical (unpaired) electrons. The maximum absolute atomic E-state index is 12.4. The van der Waals surface area contributed by atoms with Crippen LogP contribution in [0.2, 0.25) is 0 Å². The standard InChI is InChI=1S/C14H17N3O4/c1-8-6-7-17(11(8)13(19)20)12(18)9-2-4-10(5-3-9)16-14(15)21/h2-5,8,11H,6-7H2,1H3,(H,19,20)(H3,15,16,21). The van der Waals surface area contributed by atoms with Crippen LogP contribution < -0.4 is 11.1 Å². The summed E-state index contributed by atoms with van der Waals surface area (Å²) in [7, 11) is 0. The smallest absolute Gasteiger partial charge is 0.326 e. The molecule has 3 amide bonds. The molecule has 1 aliphatic rings. The summed E-state index contributed by atoms with van der Waals surface area (Å²) in [5, 5.41) is 11.6. The zero-order valence-corrected chi connectivity index (χ0v) is 11.6. The molecule has 7 heteroatoms. The van der Waals surface area contributed by atoms with Gasteiger partial charge >= 0.3 is 12.0 Å². The largest absolute Gasteiger partial charge is 0.480 e. The van der Waals surface area contributed by atoms with Crippen molar-refractivity contribution in [2.45, 2.75) is 19.4 Å². The number of urea groups is 1. The molecule has 2 unspecified atom stereocenters. The van der Waals surface area contributed by atoms with Gasteiger partial charge in [0.2, 0.25) is 0 Å². The first-order valence-corrected chi connectivity index (χ1v) is 6.60. The van der Waals surface area contributed by atoms with Gasteiger partial charge in [-0.15, -0.1) is 0 Å². The van der Waals surface area contributed by atoms with E-state index in [1.165, 1.54) is 17.0 Å². The minimum absolute atomic E-state index is 0.0674. The van der Waals surface area contributed by atoms with Gasteiger partial charge in [-0.2, -0.15) is 0 Å². The van der Waals surface area contributed by atoms with Gasteiger partial charge in [0.05, 0.1) is 0 Å². The first kappa shape index (κ1) is 14.8. The molecule has 0 bridgehead atoms. The number of carbonyl (C=O) groups excluding carboxylic acids is 2. The molecule has 0 aromatic heterocycles. The van der Waals surface area contributed by atoms with Gasteiger partial charge in [-0.25, -0.2) is 9.59 Å². The fourth-order valence-electron chi connectivity index (χ4n) is 2.56. The van der Waals surface area contributed by atoms with Crippen molar-refractivity contribution in [3.63, 3.8) is 0 Å². The summed E-state index contributed by atoms with van der Waals surface area (Å²) in [6.07, 6.45) is 0.671. The number of likely N-dealkylation sites (tertiary alicyclic amines) is 1. The Morgan fingerprint density at radius 1 is 1.29 bits per heavy atom. The Balaban J connectivity index is 2.16. The van der Waals surface area contributed by atoms with Gasteiger partial charge in [-0.1, -0.05) is 6.92 Å². The van der Waals surface area contributed by atoms with Gasteiger partial charge < -0.3 is 21.1 Å². The Morgan fingerprint density at radius 2 is 1.90 bits per heavy atom. The van der Waals surface area contributed by atoms with Crippen LogP contribution in [0, 0.1) is 5.92 Å². The molecular weight excluding hydrogens is 274 g/mol. The summed E-state index contributed by atoms with van der Waals surface area (Å²) in [6.45, 7) is 2.25. The van der Waals surface area contributed by atoms with E-state index in [9.17, 15) is 19.5 Å². The quantitative estimate of drug-likeness (QED) is 0.774. The summed E-state index contributed by atoms with van der Waals surface area (Å²) >= 11 is 0. The predicted molar refractivity (Wildman–Crippen MR) is 75.9 cm³/mol. The number of carboxylic acid groups (broad SMARTS) is 1. The van der Waals surface area contributed by atoms with E-state index in [1.807, 2.05) is 6.92 Å². The fraction of sp³-hybridized carbons (Fsp3) is 0.357. The number of primary amides is 1. The SMILES string of the molecule is CC1CCN(C(=O)c2ccc(NC(N)=O)cc2)C1C(=O)O.